The number of aromatic hydroxyl groups is 1. The number of fused-ring (bicyclic) bond motifs is 3. The van der Waals surface area contributed by atoms with Gasteiger partial charge in [-0.25, -0.2) is 9.97 Å². The van der Waals surface area contributed by atoms with Crippen LogP contribution in [0.3, 0.4) is 0 Å². The number of ether oxygens (including phenoxy) is 1. The first-order chi connectivity index (χ1) is 17.0. The van der Waals surface area contributed by atoms with Crippen LogP contribution in [0.1, 0.15) is 55.1 Å². The van der Waals surface area contributed by atoms with Crippen LogP contribution in [-0.2, 0) is 24.1 Å². The molecule has 0 radical (unpaired) electrons. The van der Waals surface area contributed by atoms with Crippen LogP contribution >= 0.6 is 0 Å². The molecule has 0 atom stereocenters. The molecule has 0 saturated carbocycles. The summed E-state index contributed by atoms with van der Waals surface area (Å²) < 4.78 is 7.92. The van der Waals surface area contributed by atoms with Gasteiger partial charge in [-0.05, 0) is 68.0 Å². The average Bonchev–Trinajstić information content (AvgIpc) is 3.21. The Labute approximate surface area is 207 Å². The summed E-state index contributed by atoms with van der Waals surface area (Å²) in [4.78, 5) is 9.67. The summed E-state index contributed by atoms with van der Waals surface area (Å²) in [5.41, 5.74) is 17.8. The summed E-state index contributed by atoms with van der Waals surface area (Å²) in [5, 5.41) is 11.0. The molecule has 0 unspecified atom stereocenters. The van der Waals surface area contributed by atoms with Crippen molar-refractivity contribution >= 4 is 27.8 Å². The number of anilines is 1. The van der Waals surface area contributed by atoms with Crippen LogP contribution in [-0.4, -0.2) is 39.4 Å². The monoisotopic (exact) mass is 475 g/mol. The molecule has 0 bridgehead atoms. The number of hydrogen-bond acceptors (Lipinski definition) is 6. The molecule has 7 heteroatoms. The Morgan fingerprint density at radius 3 is 2.54 bits per heavy atom. The fraction of sp³-hybridized carbons (Fsp3) is 0.429. The number of rotatable bonds is 12. The maximum atomic E-state index is 9.97. The molecule has 5 N–H and O–H groups in total. The third kappa shape index (κ3) is 5.74. The zero-order chi connectivity index (χ0) is 24.8. The molecule has 35 heavy (non-hydrogen) atoms. The van der Waals surface area contributed by atoms with E-state index in [4.69, 9.17) is 26.2 Å². The van der Waals surface area contributed by atoms with Crippen molar-refractivity contribution in [2.45, 2.75) is 58.9 Å². The minimum atomic E-state index is 0.312. The Bertz CT molecular complexity index is 1300. The van der Waals surface area contributed by atoms with E-state index in [2.05, 4.69) is 29.7 Å². The van der Waals surface area contributed by atoms with Crippen molar-refractivity contribution in [3.05, 3.63) is 58.9 Å². The highest BCUT2D eigenvalue weighted by molar-refractivity contribution is 6.06. The van der Waals surface area contributed by atoms with Crippen molar-refractivity contribution in [3.63, 3.8) is 0 Å². The molecule has 2 aromatic heterocycles. The molecule has 0 aliphatic heterocycles. The molecule has 4 aromatic rings. The van der Waals surface area contributed by atoms with Gasteiger partial charge in [-0.15, -0.1) is 0 Å². The number of imidazole rings is 1. The minimum absolute atomic E-state index is 0.312. The zero-order valence-corrected chi connectivity index (χ0v) is 20.9. The van der Waals surface area contributed by atoms with Gasteiger partial charge >= 0.3 is 0 Å². The van der Waals surface area contributed by atoms with Gasteiger partial charge in [0, 0.05) is 31.6 Å². The van der Waals surface area contributed by atoms with E-state index in [-0.39, 0.29) is 0 Å². The molecule has 4 rings (SSSR count). The highest BCUT2D eigenvalue weighted by atomic mass is 16.5. The highest BCUT2D eigenvalue weighted by Gasteiger charge is 2.18. The van der Waals surface area contributed by atoms with E-state index in [1.165, 1.54) is 5.56 Å². The van der Waals surface area contributed by atoms with Gasteiger partial charge in [0.05, 0.1) is 11.0 Å². The summed E-state index contributed by atoms with van der Waals surface area (Å²) in [6.45, 7) is 6.88. The molecule has 0 spiro atoms. The topological polar surface area (TPSA) is 112 Å². The molecular formula is C28H37N5O2. The van der Waals surface area contributed by atoms with Gasteiger partial charge in [-0.2, -0.15) is 0 Å². The molecule has 0 aliphatic rings. The molecule has 2 aromatic carbocycles. The lowest BCUT2D eigenvalue weighted by molar-refractivity contribution is 0.131. The molecule has 0 amide bonds. The number of nitrogens with two attached hydrogens (primary N) is 2. The lowest BCUT2D eigenvalue weighted by Crippen LogP contribution is -2.06. The predicted molar refractivity (Wildman–Crippen MR) is 143 cm³/mol. The largest absolute Gasteiger partial charge is 0.508 e. The first-order valence-corrected chi connectivity index (χ1v) is 12.6. The Balaban J connectivity index is 1.70. The molecule has 0 fully saturated rings. The quantitative estimate of drug-likeness (QED) is 0.252. The molecule has 7 nitrogen and oxygen atoms in total. The molecule has 0 saturated heterocycles. The van der Waals surface area contributed by atoms with Crippen molar-refractivity contribution in [2.75, 3.05) is 25.5 Å². The Hall–Kier alpha value is -3.16. The van der Waals surface area contributed by atoms with Gasteiger partial charge < -0.3 is 25.9 Å². The number of aromatic nitrogens is 3. The van der Waals surface area contributed by atoms with Crippen LogP contribution in [0, 0.1) is 6.92 Å². The van der Waals surface area contributed by atoms with Crippen molar-refractivity contribution in [1.82, 2.24) is 14.5 Å². The number of unbranched alkanes of at least 4 members (excludes halogenated alkanes) is 1. The van der Waals surface area contributed by atoms with Gasteiger partial charge in [0.2, 0.25) is 0 Å². The van der Waals surface area contributed by atoms with Crippen molar-refractivity contribution < 1.29 is 9.84 Å². The van der Waals surface area contributed by atoms with Crippen LogP contribution in [0.5, 0.6) is 5.75 Å². The normalized spacial score (nSPS) is 11.6. The van der Waals surface area contributed by atoms with Crippen LogP contribution < -0.4 is 11.5 Å². The lowest BCUT2D eigenvalue weighted by atomic mass is 10.1. The second-order valence-corrected chi connectivity index (χ2v) is 9.24. The number of nitrogens with zero attached hydrogens (tertiary/aromatic N) is 3. The fourth-order valence-electron chi connectivity index (χ4n) is 4.52. The fourth-order valence-corrected chi connectivity index (χ4v) is 4.52. The Morgan fingerprint density at radius 2 is 1.77 bits per heavy atom. The number of nitrogen functional groups attached to an aromatic ring is 1. The summed E-state index contributed by atoms with van der Waals surface area (Å²) in [6, 6.07) is 12.2. The number of benzene rings is 2. The summed E-state index contributed by atoms with van der Waals surface area (Å²) >= 11 is 0. The van der Waals surface area contributed by atoms with Crippen molar-refractivity contribution in [3.8, 4) is 5.75 Å². The molecule has 2 heterocycles. The SMILES string of the molecule is CCCCc1nc2c(N)nc3cc(CCCOCCCN)ccc3c2n1Cc1ccc(O)c(C)c1. The first-order valence-electron chi connectivity index (χ1n) is 12.6. The predicted octanol–water partition coefficient (Wildman–Crippen LogP) is 4.87. The summed E-state index contributed by atoms with van der Waals surface area (Å²) in [5.74, 6) is 1.80. The zero-order valence-electron chi connectivity index (χ0n) is 20.9. The minimum Gasteiger partial charge on any atom is -0.508 e. The number of phenols is 1. The van der Waals surface area contributed by atoms with Crippen molar-refractivity contribution in [1.29, 1.82) is 0 Å². The number of hydrogen-bond donors (Lipinski definition) is 3. The summed E-state index contributed by atoms with van der Waals surface area (Å²) in [7, 11) is 0. The maximum Gasteiger partial charge on any atom is 0.152 e. The van der Waals surface area contributed by atoms with E-state index >= 15 is 0 Å². The standard InChI is InChI=1S/C28H37N5O2/c1-3-4-8-25-32-26-27(33(25)18-21-10-12-24(34)19(2)16-21)22-11-9-20(17-23(22)31-28(26)30)7-5-14-35-15-6-13-29/h9-12,16-17,34H,3-8,13-15,18,29H2,1-2H3,(H2,30,31). The molecular weight excluding hydrogens is 438 g/mol. The smallest absolute Gasteiger partial charge is 0.152 e. The van der Waals surface area contributed by atoms with Crippen molar-refractivity contribution in [2.24, 2.45) is 5.73 Å². The maximum absolute atomic E-state index is 9.97. The van der Waals surface area contributed by atoms with Crippen LogP contribution in [0.4, 0.5) is 5.82 Å². The third-order valence-corrected chi connectivity index (χ3v) is 6.45. The van der Waals surface area contributed by atoms with E-state index in [1.54, 1.807) is 6.07 Å². The summed E-state index contributed by atoms with van der Waals surface area (Å²) in [6.07, 6.45) is 5.80. The average molecular weight is 476 g/mol. The van der Waals surface area contributed by atoms with Gasteiger partial charge in [0.25, 0.3) is 0 Å². The van der Waals surface area contributed by atoms with E-state index in [1.807, 2.05) is 19.1 Å². The van der Waals surface area contributed by atoms with Crippen LogP contribution in [0.25, 0.3) is 21.9 Å². The van der Waals surface area contributed by atoms with Crippen LogP contribution in [0.15, 0.2) is 36.4 Å². The van der Waals surface area contributed by atoms with Gasteiger partial charge in [-0.1, -0.05) is 37.6 Å². The van der Waals surface area contributed by atoms with E-state index in [0.717, 1.165) is 90.6 Å². The number of pyridine rings is 1. The van der Waals surface area contributed by atoms with Gasteiger partial charge in [0.15, 0.2) is 5.82 Å². The highest BCUT2D eigenvalue weighted by Crippen LogP contribution is 2.31. The van der Waals surface area contributed by atoms with Gasteiger partial charge in [-0.3, -0.25) is 0 Å². The van der Waals surface area contributed by atoms with Gasteiger partial charge in [0.1, 0.15) is 17.1 Å². The second kappa shape index (κ2) is 11.5. The number of aryl methyl sites for hydroxylation is 3. The third-order valence-electron chi connectivity index (χ3n) is 6.45. The molecule has 0 aliphatic carbocycles. The van der Waals surface area contributed by atoms with E-state index in [0.29, 0.717) is 24.7 Å². The number of phenolic OH excluding ortho intramolecular Hbond substituents is 1. The lowest BCUT2D eigenvalue weighted by Gasteiger charge is -2.13. The first kappa shape index (κ1) is 24.9. The van der Waals surface area contributed by atoms with E-state index in [9.17, 15) is 5.11 Å². The van der Waals surface area contributed by atoms with E-state index < -0.39 is 0 Å². The Kier molecular flexibility index (Phi) is 8.21. The molecule has 186 valence electrons. The second-order valence-electron chi connectivity index (χ2n) is 9.24. The van der Waals surface area contributed by atoms with Crippen LogP contribution in [0.2, 0.25) is 0 Å². The Morgan fingerprint density at radius 1 is 0.971 bits per heavy atom.